The second-order valence-corrected chi connectivity index (χ2v) is 5.51. The molecule has 0 spiro atoms. The summed E-state index contributed by atoms with van der Waals surface area (Å²) in [5, 5.41) is 12.7. The molecule has 1 atom stereocenters. The van der Waals surface area contributed by atoms with Gasteiger partial charge in [-0.05, 0) is 25.0 Å². The van der Waals surface area contributed by atoms with E-state index in [-0.39, 0.29) is 4.65 Å². The van der Waals surface area contributed by atoms with Gasteiger partial charge in [0.2, 0.25) is 0 Å². The summed E-state index contributed by atoms with van der Waals surface area (Å²) in [7, 11) is 0. The van der Waals surface area contributed by atoms with Crippen molar-refractivity contribution in [2.75, 3.05) is 6.54 Å². The summed E-state index contributed by atoms with van der Waals surface area (Å²) in [6.45, 7) is 2.84. The first-order valence-corrected chi connectivity index (χ1v) is 7.03. The number of rotatable bonds is 5. The van der Waals surface area contributed by atoms with Crippen molar-refractivity contribution in [2.24, 2.45) is 0 Å². The molecule has 0 aromatic heterocycles. The van der Waals surface area contributed by atoms with Crippen LogP contribution in [0.3, 0.4) is 0 Å². The molecule has 0 aliphatic carbocycles. The molecular weight excluding hydrogens is 278 g/mol. The first kappa shape index (κ1) is 12.8. The summed E-state index contributed by atoms with van der Waals surface area (Å²) in [6.07, 6.45) is 8.27. The smallest absolute Gasteiger partial charge is 0.146 e. The summed E-state index contributed by atoms with van der Waals surface area (Å²) in [6, 6.07) is 5.93. The van der Waals surface area contributed by atoms with Crippen molar-refractivity contribution >= 4 is 27.7 Å². The molecule has 0 bridgehead atoms. The van der Waals surface area contributed by atoms with Crippen molar-refractivity contribution < 1.29 is 0 Å². The quantitative estimate of drug-likeness (QED) is 0.434. The molecule has 2 nitrogen and oxygen atoms in total. The fourth-order valence-corrected chi connectivity index (χ4v) is 2.58. The van der Waals surface area contributed by atoms with E-state index in [4.69, 9.17) is 0 Å². The van der Waals surface area contributed by atoms with Crippen LogP contribution in [0.5, 0.6) is 0 Å². The highest BCUT2D eigenvalue weighted by Crippen LogP contribution is 2.37. The molecule has 92 valence electrons. The number of quaternary nitrogens is 1. The van der Waals surface area contributed by atoms with Gasteiger partial charge in [-0.3, -0.25) is 0 Å². The van der Waals surface area contributed by atoms with Crippen molar-refractivity contribution in [1.82, 2.24) is 4.65 Å². The molecule has 0 saturated carbocycles. The van der Waals surface area contributed by atoms with Gasteiger partial charge in [0.15, 0.2) is 0 Å². The Labute approximate surface area is 111 Å². The standard InChI is InChI=1S/C14H18BrNO/c1-2-3-4-5-9-16(17)10-8-12-6-7-13(15)11-14(12)16/h6-8,10-11H,2-5,9H2,1H3. The van der Waals surface area contributed by atoms with Crippen LogP contribution < -0.4 is 4.65 Å². The van der Waals surface area contributed by atoms with Crippen LogP contribution >= 0.6 is 15.9 Å². The zero-order valence-electron chi connectivity index (χ0n) is 10.2. The minimum atomic E-state index is -0.293. The zero-order chi connectivity index (χ0) is 12.3. The second kappa shape index (κ2) is 5.34. The van der Waals surface area contributed by atoms with Crippen LogP contribution in [-0.2, 0) is 0 Å². The van der Waals surface area contributed by atoms with E-state index in [1.165, 1.54) is 12.8 Å². The van der Waals surface area contributed by atoms with Gasteiger partial charge in [0.1, 0.15) is 11.9 Å². The van der Waals surface area contributed by atoms with E-state index in [9.17, 15) is 5.21 Å². The molecule has 1 aromatic rings. The minimum absolute atomic E-state index is 0.293. The van der Waals surface area contributed by atoms with E-state index in [0.29, 0.717) is 6.54 Å². The van der Waals surface area contributed by atoms with Crippen LogP contribution in [0.2, 0.25) is 0 Å². The number of fused-ring (bicyclic) bond motifs is 1. The summed E-state index contributed by atoms with van der Waals surface area (Å²) in [5.41, 5.74) is 1.93. The lowest BCUT2D eigenvalue weighted by Gasteiger charge is -2.36. The van der Waals surface area contributed by atoms with Crippen molar-refractivity contribution in [2.45, 2.75) is 32.6 Å². The van der Waals surface area contributed by atoms with E-state index >= 15 is 0 Å². The highest BCUT2D eigenvalue weighted by Gasteiger charge is 2.25. The first-order chi connectivity index (χ1) is 8.15. The molecule has 1 aromatic carbocycles. The van der Waals surface area contributed by atoms with Gasteiger partial charge in [0.05, 0.1) is 6.54 Å². The maximum atomic E-state index is 12.7. The number of hydrogen-bond donors (Lipinski definition) is 0. The summed E-state index contributed by atoms with van der Waals surface area (Å²) in [5.74, 6) is 0. The molecule has 0 fully saturated rings. The highest BCUT2D eigenvalue weighted by molar-refractivity contribution is 9.10. The third-order valence-corrected chi connectivity index (χ3v) is 3.73. The Balaban J connectivity index is 2.08. The molecule has 1 unspecified atom stereocenters. The monoisotopic (exact) mass is 295 g/mol. The number of halogens is 1. The van der Waals surface area contributed by atoms with Crippen molar-refractivity contribution in [3.05, 3.63) is 39.6 Å². The average molecular weight is 296 g/mol. The molecule has 1 aliphatic heterocycles. The van der Waals surface area contributed by atoms with E-state index in [0.717, 1.165) is 28.6 Å². The number of benzene rings is 1. The van der Waals surface area contributed by atoms with Crippen LogP contribution in [0.15, 0.2) is 28.9 Å². The van der Waals surface area contributed by atoms with Gasteiger partial charge in [0, 0.05) is 22.2 Å². The third kappa shape index (κ3) is 2.79. The number of hydroxylamine groups is 2. The Kier molecular flexibility index (Phi) is 4.02. The minimum Gasteiger partial charge on any atom is -0.622 e. The van der Waals surface area contributed by atoms with Gasteiger partial charge in [0.25, 0.3) is 0 Å². The van der Waals surface area contributed by atoms with Crippen molar-refractivity contribution in [3.8, 4) is 0 Å². The lowest BCUT2D eigenvalue weighted by molar-refractivity contribution is 0.468. The van der Waals surface area contributed by atoms with Crippen LogP contribution in [0.25, 0.3) is 6.08 Å². The first-order valence-electron chi connectivity index (χ1n) is 6.24. The molecule has 0 N–H and O–H groups in total. The van der Waals surface area contributed by atoms with Gasteiger partial charge in [-0.25, -0.2) is 0 Å². The molecule has 0 amide bonds. The fourth-order valence-electron chi connectivity index (χ4n) is 2.24. The molecule has 1 heterocycles. The predicted molar refractivity (Wildman–Crippen MR) is 77.3 cm³/mol. The van der Waals surface area contributed by atoms with Gasteiger partial charge in [-0.1, -0.05) is 35.7 Å². The fraction of sp³-hybridized carbons (Fsp3) is 0.429. The van der Waals surface area contributed by atoms with Crippen LogP contribution in [0.1, 0.15) is 38.2 Å². The van der Waals surface area contributed by atoms with Gasteiger partial charge < -0.3 is 9.85 Å². The molecule has 17 heavy (non-hydrogen) atoms. The van der Waals surface area contributed by atoms with Gasteiger partial charge in [-0.15, -0.1) is 0 Å². The topological polar surface area (TPSA) is 23.1 Å². The molecular formula is C14H18BrNO. The number of hydrogen-bond acceptors (Lipinski definition) is 1. The largest absolute Gasteiger partial charge is 0.622 e. The Bertz CT molecular complexity index is 430. The van der Waals surface area contributed by atoms with Crippen LogP contribution in [0.4, 0.5) is 5.69 Å². The molecule has 2 rings (SSSR count). The predicted octanol–water partition coefficient (Wildman–Crippen LogP) is 4.82. The number of unbranched alkanes of at least 4 members (excludes halogenated alkanes) is 3. The maximum absolute atomic E-state index is 12.7. The summed E-state index contributed by atoms with van der Waals surface area (Å²) < 4.78 is 0.685. The highest BCUT2D eigenvalue weighted by atomic mass is 79.9. The van der Waals surface area contributed by atoms with E-state index in [1.54, 1.807) is 6.20 Å². The summed E-state index contributed by atoms with van der Waals surface area (Å²) >= 11 is 3.43. The maximum Gasteiger partial charge on any atom is 0.146 e. The normalized spacial score (nSPS) is 21.8. The van der Waals surface area contributed by atoms with Gasteiger partial charge >= 0.3 is 0 Å². The van der Waals surface area contributed by atoms with E-state index in [2.05, 4.69) is 22.9 Å². The molecule has 3 heteroatoms. The number of nitrogens with zero attached hydrogens (tertiary/aromatic N) is 1. The average Bonchev–Trinajstić information content (AvgIpc) is 2.63. The SMILES string of the molecule is CCCCCC[N+]1([O-])C=Cc2ccc(Br)cc21. The Hall–Kier alpha value is -0.640. The third-order valence-electron chi connectivity index (χ3n) is 3.24. The van der Waals surface area contributed by atoms with Crippen molar-refractivity contribution in [1.29, 1.82) is 0 Å². The van der Waals surface area contributed by atoms with E-state index in [1.807, 2.05) is 24.3 Å². The molecule has 0 saturated heterocycles. The second-order valence-electron chi connectivity index (χ2n) is 4.60. The lowest BCUT2D eigenvalue weighted by Crippen LogP contribution is -2.36. The zero-order valence-corrected chi connectivity index (χ0v) is 11.7. The molecule has 0 radical (unpaired) electrons. The van der Waals surface area contributed by atoms with E-state index < -0.39 is 0 Å². The van der Waals surface area contributed by atoms with Crippen LogP contribution in [-0.4, -0.2) is 6.54 Å². The molecule has 1 aliphatic rings. The van der Waals surface area contributed by atoms with Gasteiger partial charge in [-0.2, -0.15) is 0 Å². The Morgan fingerprint density at radius 1 is 1.24 bits per heavy atom. The van der Waals surface area contributed by atoms with Crippen LogP contribution in [0, 0.1) is 5.21 Å². The Morgan fingerprint density at radius 2 is 2.06 bits per heavy atom. The Morgan fingerprint density at radius 3 is 2.82 bits per heavy atom. The lowest BCUT2D eigenvalue weighted by atomic mass is 10.1. The van der Waals surface area contributed by atoms with Crippen molar-refractivity contribution in [3.63, 3.8) is 0 Å². The summed E-state index contributed by atoms with van der Waals surface area (Å²) in [4.78, 5) is 0.